The number of benzene rings is 1. The fourth-order valence-corrected chi connectivity index (χ4v) is 5.16. The Bertz CT molecular complexity index is 1120. The molecule has 0 spiro atoms. The second-order valence-electron chi connectivity index (χ2n) is 12.3. The molecule has 1 heterocycles. The van der Waals surface area contributed by atoms with Crippen molar-refractivity contribution >= 4 is 29.8 Å². The van der Waals surface area contributed by atoms with Crippen molar-refractivity contribution < 1.29 is 44.0 Å². The summed E-state index contributed by atoms with van der Waals surface area (Å²) in [7, 11) is 0. The van der Waals surface area contributed by atoms with E-state index in [9.17, 15) is 39.3 Å². The van der Waals surface area contributed by atoms with E-state index < -0.39 is 59.6 Å². The number of nitrogens with zero attached hydrogens (tertiary/aromatic N) is 4. The van der Waals surface area contributed by atoms with Gasteiger partial charge in [0.15, 0.2) is 0 Å². The summed E-state index contributed by atoms with van der Waals surface area (Å²) in [5.74, 6) is -4.17. The van der Waals surface area contributed by atoms with Gasteiger partial charge in [0.1, 0.15) is 36.3 Å². The van der Waals surface area contributed by atoms with Gasteiger partial charge in [0.2, 0.25) is 5.91 Å². The number of ether oxygens (including phenoxy) is 1. The van der Waals surface area contributed by atoms with Gasteiger partial charge in [0.05, 0.1) is 0 Å². The predicted octanol–water partition coefficient (Wildman–Crippen LogP) is 0.827. The third-order valence-corrected chi connectivity index (χ3v) is 7.97. The molecule has 0 aliphatic carbocycles. The molecule has 1 saturated heterocycles. The predicted molar refractivity (Wildman–Crippen MR) is 166 cm³/mol. The zero-order valence-electron chi connectivity index (χ0n) is 27.1. The molecule has 0 saturated carbocycles. The molecule has 14 heteroatoms. The average Bonchev–Trinajstić information content (AvgIpc) is 2.96. The van der Waals surface area contributed by atoms with Crippen LogP contribution in [-0.4, -0.2) is 147 Å². The number of carbonyl (C=O) groups is 5. The Balaban J connectivity index is 2.49. The minimum atomic E-state index is -1.04. The van der Waals surface area contributed by atoms with Crippen molar-refractivity contribution in [2.75, 3.05) is 58.9 Å². The number of hydrogen-bond donors (Lipinski definition) is 4. The molecule has 1 aliphatic heterocycles. The summed E-state index contributed by atoms with van der Waals surface area (Å²) >= 11 is 0. The number of amides is 1. The molecule has 1 aliphatic rings. The van der Waals surface area contributed by atoms with Gasteiger partial charge in [-0.3, -0.25) is 43.6 Å². The summed E-state index contributed by atoms with van der Waals surface area (Å²) in [6.07, 6.45) is 0. The molecule has 2 rings (SSSR count). The fraction of sp³-hybridized carbons (Fsp3) is 0.645. The monoisotopic (exact) mass is 635 g/mol. The van der Waals surface area contributed by atoms with Crippen molar-refractivity contribution in [1.29, 1.82) is 0 Å². The van der Waals surface area contributed by atoms with Crippen molar-refractivity contribution in [2.24, 2.45) is 0 Å². The lowest BCUT2D eigenvalue weighted by Crippen LogP contribution is -2.54. The second-order valence-corrected chi connectivity index (χ2v) is 12.3. The van der Waals surface area contributed by atoms with Crippen LogP contribution in [0.25, 0.3) is 0 Å². The molecular formula is C31H49N5O9. The number of esters is 1. The van der Waals surface area contributed by atoms with Crippen molar-refractivity contribution in [1.82, 2.24) is 24.9 Å². The van der Waals surface area contributed by atoms with Gasteiger partial charge in [0.25, 0.3) is 0 Å². The highest BCUT2D eigenvalue weighted by Gasteiger charge is 2.33. The van der Waals surface area contributed by atoms with Crippen LogP contribution in [0.4, 0.5) is 0 Å². The smallest absolute Gasteiger partial charge is 0.325 e. The summed E-state index contributed by atoms with van der Waals surface area (Å²) in [5, 5.41) is 32.1. The molecule has 4 atom stereocenters. The van der Waals surface area contributed by atoms with E-state index in [2.05, 4.69) is 5.32 Å². The minimum Gasteiger partial charge on any atom is -0.480 e. The molecule has 45 heavy (non-hydrogen) atoms. The van der Waals surface area contributed by atoms with Crippen molar-refractivity contribution in [2.45, 2.75) is 71.3 Å². The Labute approximate surface area is 264 Å². The minimum absolute atomic E-state index is 0.222. The molecule has 4 N–H and O–H groups in total. The first-order valence-corrected chi connectivity index (χ1v) is 15.2. The van der Waals surface area contributed by atoms with Gasteiger partial charge in [-0.05, 0) is 47.1 Å². The molecule has 4 unspecified atom stereocenters. The third-order valence-electron chi connectivity index (χ3n) is 7.97. The highest BCUT2D eigenvalue weighted by atomic mass is 16.6. The van der Waals surface area contributed by atoms with Crippen LogP contribution in [0.5, 0.6) is 0 Å². The van der Waals surface area contributed by atoms with E-state index in [-0.39, 0.29) is 58.9 Å². The Morgan fingerprint density at radius 3 is 1.38 bits per heavy atom. The first kappa shape index (κ1) is 37.6. The zero-order valence-corrected chi connectivity index (χ0v) is 27.1. The molecule has 1 aromatic rings. The van der Waals surface area contributed by atoms with Crippen LogP contribution >= 0.6 is 0 Å². The largest absolute Gasteiger partial charge is 0.480 e. The molecule has 0 radical (unpaired) electrons. The first-order valence-electron chi connectivity index (χ1n) is 15.2. The highest BCUT2D eigenvalue weighted by Crippen LogP contribution is 2.22. The number of aliphatic carboxylic acids is 3. The van der Waals surface area contributed by atoms with E-state index in [1.165, 1.54) is 0 Å². The second kappa shape index (κ2) is 17.2. The quantitative estimate of drug-likeness (QED) is 0.251. The Hall–Kier alpha value is -3.59. The lowest BCUT2D eigenvalue weighted by Gasteiger charge is -2.39. The van der Waals surface area contributed by atoms with Crippen molar-refractivity contribution in [3.8, 4) is 0 Å². The number of rotatable bonds is 11. The molecule has 1 amide bonds. The van der Waals surface area contributed by atoms with Crippen LogP contribution < -0.4 is 5.32 Å². The molecule has 0 bridgehead atoms. The molecule has 14 nitrogen and oxygen atoms in total. The lowest BCUT2D eigenvalue weighted by molar-refractivity contribution is -0.155. The highest BCUT2D eigenvalue weighted by molar-refractivity contribution is 5.86. The Kier molecular flexibility index (Phi) is 14.4. The van der Waals surface area contributed by atoms with Crippen LogP contribution in [0.1, 0.15) is 53.1 Å². The Morgan fingerprint density at radius 2 is 1.04 bits per heavy atom. The van der Waals surface area contributed by atoms with Crippen LogP contribution in [0, 0.1) is 0 Å². The van der Waals surface area contributed by atoms with Crippen LogP contribution in [-0.2, 0) is 28.7 Å². The van der Waals surface area contributed by atoms with Crippen molar-refractivity contribution in [3.63, 3.8) is 0 Å². The van der Waals surface area contributed by atoms with Gasteiger partial charge in [-0.1, -0.05) is 30.3 Å². The van der Waals surface area contributed by atoms with Gasteiger partial charge >= 0.3 is 23.9 Å². The maximum absolute atomic E-state index is 13.8. The van der Waals surface area contributed by atoms with Crippen LogP contribution in [0.15, 0.2) is 30.3 Å². The number of carboxylic acids is 3. The summed E-state index contributed by atoms with van der Waals surface area (Å²) in [5.41, 5.74) is -0.0900. The van der Waals surface area contributed by atoms with E-state index in [0.717, 1.165) is 0 Å². The van der Waals surface area contributed by atoms with E-state index >= 15 is 0 Å². The summed E-state index contributed by atoms with van der Waals surface area (Å²) in [6, 6.07) is 5.42. The van der Waals surface area contributed by atoms with Gasteiger partial charge in [-0.25, -0.2) is 0 Å². The summed E-state index contributed by atoms with van der Waals surface area (Å²) in [6.45, 7) is 11.3. The lowest BCUT2D eigenvalue weighted by atomic mass is 10.0. The van der Waals surface area contributed by atoms with Gasteiger partial charge in [0, 0.05) is 52.4 Å². The zero-order chi connectivity index (χ0) is 33.9. The standard InChI is InChI=1S/C31H49N5O9/c1-21(28(39)40)33-12-14-34(22(2)29(41)42)16-18-36(19-17-35(15-13-33)23(3)30(43)44)26(24-10-8-7-9-11-24)27(38)32-20-25(37)45-31(4,5)6/h7-11,21-23,26H,12-20H2,1-6H3,(H,32,38)(H,39,40)(H,41,42)(H,43,44). The molecular weight excluding hydrogens is 586 g/mol. The third kappa shape index (κ3) is 12.0. The van der Waals surface area contributed by atoms with Crippen LogP contribution in [0.2, 0.25) is 0 Å². The fourth-order valence-electron chi connectivity index (χ4n) is 5.16. The van der Waals surface area contributed by atoms with Gasteiger partial charge in [-0.2, -0.15) is 0 Å². The van der Waals surface area contributed by atoms with Gasteiger partial charge in [-0.15, -0.1) is 0 Å². The molecule has 252 valence electrons. The van der Waals surface area contributed by atoms with E-state index in [0.29, 0.717) is 5.56 Å². The maximum atomic E-state index is 13.8. The summed E-state index contributed by atoms with van der Waals surface area (Å²) in [4.78, 5) is 69.2. The van der Waals surface area contributed by atoms with E-state index in [1.54, 1.807) is 80.5 Å². The maximum Gasteiger partial charge on any atom is 0.325 e. The first-order chi connectivity index (χ1) is 21.0. The molecule has 1 aromatic carbocycles. The number of carbonyl (C=O) groups excluding carboxylic acids is 2. The molecule has 0 aromatic heterocycles. The average molecular weight is 636 g/mol. The van der Waals surface area contributed by atoms with E-state index in [1.807, 2.05) is 11.0 Å². The van der Waals surface area contributed by atoms with Gasteiger partial charge < -0.3 is 25.4 Å². The normalized spacial score (nSPS) is 19.6. The van der Waals surface area contributed by atoms with Crippen LogP contribution in [0.3, 0.4) is 0 Å². The van der Waals surface area contributed by atoms with Crippen molar-refractivity contribution in [3.05, 3.63) is 35.9 Å². The Morgan fingerprint density at radius 1 is 0.689 bits per heavy atom. The number of nitrogens with one attached hydrogen (secondary N) is 1. The summed E-state index contributed by atoms with van der Waals surface area (Å²) < 4.78 is 5.35. The van der Waals surface area contributed by atoms with E-state index in [4.69, 9.17) is 4.74 Å². The SMILES string of the molecule is CC(C(=O)O)N1CCN(C(C)C(=O)O)CCN(C(C(=O)NCC(=O)OC(C)(C)C)c2ccccc2)CCN(C(C)C(=O)O)CC1. The number of hydrogen-bond acceptors (Lipinski definition) is 10. The number of carboxylic acid groups (broad SMARTS) is 3. The molecule has 1 fully saturated rings. The topological polar surface area (TPSA) is 180 Å².